The molecule has 1 aliphatic rings. The minimum atomic E-state index is 0.0701. The number of carbonyl (C=O) groups is 1. The number of carbonyl (C=O) groups excluding carboxylic acids is 1. The van der Waals surface area contributed by atoms with Crippen LogP contribution in [0.2, 0.25) is 5.02 Å². The molecule has 4 rings (SSSR count). The standard InChI is InChI=1S/C26H25ClNO/c1-2-22-23(16-26(22)29)21-13-14-24(27)25(15-21)28(17-19-9-5-3-6-10-19)18-20-11-7-4-8-12-20/h3-15,22H,2,16-18H2,1H3. The van der Waals surface area contributed by atoms with Crippen LogP contribution in [0.3, 0.4) is 0 Å². The Morgan fingerprint density at radius 1 is 0.897 bits per heavy atom. The van der Waals surface area contributed by atoms with Crippen molar-refractivity contribution in [3.8, 4) is 0 Å². The summed E-state index contributed by atoms with van der Waals surface area (Å²) in [6.07, 6.45) is 1.43. The van der Waals surface area contributed by atoms with E-state index in [2.05, 4.69) is 72.5 Å². The molecule has 1 unspecified atom stereocenters. The lowest BCUT2D eigenvalue weighted by Crippen LogP contribution is -2.35. The maximum absolute atomic E-state index is 12.0. The largest absolute Gasteiger partial charge is 0.362 e. The number of Topliss-reactive ketones (excluding diaryl/α,β-unsaturated/α-hetero) is 1. The van der Waals surface area contributed by atoms with E-state index in [1.807, 2.05) is 18.2 Å². The molecule has 3 aromatic carbocycles. The van der Waals surface area contributed by atoms with Crippen LogP contribution in [-0.4, -0.2) is 5.78 Å². The van der Waals surface area contributed by atoms with Crippen LogP contribution in [0.4, 0.5) is 5.69 Å². The van der Waals surface area contributed by atoms with Gasteiger partial charge in [0.1, 0.15) is 5.78 Å². The number of nitrogens with zero attached hydrogens (tertiary/aromatic N) is 1. The number of halogens is 1. The van der Waals surface area contributed by atoms with E-state index in [9.17, 15) is 4.79 Å². The van der Waals surface area contributed by atoms with Gasteiger partial charge in [-0.15, -0.1) is 0 Å². The molecule has 147 valence electrons. The van der Waals surface area contributed by atoms with E-state index in [1.165, 1.54) is 17.0 Å². The van der Waals surface area contributed by atoms with E-state index in [0.717, 1.165) is 35.8 Å². The van der Waals surface area contributed by atoms with Crippen molar-refractivity contribution in [1.82, 2.24) is 0 Å². The SMILES string of the molecule is CCC1[C](c2ccc(Cl)c(N(Cc3ccccc3)Cc3ccccc3)c2)CC1=O. The van der Waals surface area contributed by atoms with Gasteiger partial charge >= 0.3 is 0 Å². The fraction of sp³-hybridized carbons (Fsp3) is 0.231. The lowest BCUT2D eigenvalue weighted by Gasteiger charge is -2.35. The molecule has 1 saturated carbocycles. The summed E-state index contributed by atoms with van der Waals surface area (Å²) in [6, 6.07) is 27.1. The van der Waals surface area contributed by atoms with E-state index >= 15 is 0 Å². The Hall–Kier alpha value is -2.58. The van der Waals surface area contributed by atoms with Gasteiger partial charge in [0.15, 0.2) is 0 Å². The molecule has 29 heavy (non-hydrogen) atoms. The topological polar surface area (TPSA) is 20.3 Å². The van der Waals surface area contributed by atoms with Crippen molar-refractivity contribution in [1.29, 1.82) is 0 Å². The molecule has 3 aromatic rings. The third kappa shape index (κ3) is 4.38. The molecule has 1 aliphatic carbocycles. The number of rotatable bonds is 7. The highest BCUT2D eigenvalue weighted by Gasteiger charge is 2.39. The average Bonchev–Trinajstić information content (AvgIpc) is 2.74. The third-order valence-electron chi connectivity index (χ3n) is 5.67. The maximum Gasteiger partial charge on any atom is 0.137 e. The smallest absolute Gasteiger partial charge is 0.137 e. The molecule has 0 heterocycles. The van der Waals surface area contributed by atoms with Crippen molar-refractivity contribution in [2.24, 2.45) is 5.92 Å². The first kappa shape index (κ1) is 19.7. The number of hydrogen-bond donors (Lipinski definition) is 0. The van der Waals surface area contributed by atoms with Crippen LogP contribution in [0, 0.1) is 11.8 Å². The average molecular weight is 403 g/mol. The van der Waals surface area contributed by atoms with Crippen LogP contribution in [0.5, 0.6) is 0 Å². The second-order valence-corrected chi connectivity index (χ2v) is 8.03. The molecule has 1 fully saturated rings. The normalized spacial score (nSPS) is 16.5. The molecular weight excluding hydrogens is 378 g/mol. The van der Waals surface area contributed by atoms with Gasteiger partial charge in [0.2, 0.25) is 0 Å². The summed E-state index contributed by atoms with van der Waals surface area (Å²) in [4.78, 5) is 14.3. The fourth-order valence-corrected chi connectivity index (χ4v) is 4.30. The maximum atomic E-state index is 12.0. The summed E-state index contributed by atoms with van der Waals surface area (Å²) in [6.45, 7) is 3.62. The van der Waals surface area contributed by atoms with Crippen molar-refractivity contribution in [3.63, 3.8) is 0 Å². The zero-order chi connectivity index (χ0) is 20.2. The molecule has 0 aromatic heterocycles. The molecule has 0 amide bonds. The molecular formula is C26H25ClNO. The summed E-state index contributed by atoms with van der Waals surface area (Å²) in [5.41, 5.74) is 4.63. The van der Waals surface area contributed by atoms with E-state index in [0.29, 0.717) is 12.2 Å². The van der Waals surface area contributed by atoms with Crippen molar-refractivity contribution >= 4 is 23.1 Å². The summed E-state index contributed by atoms with van der Waals surface area (Å²) >= 11 is 6.67. The summed E-state index contributed by atoms with van der Waals surface area (Å²) in [5, 5.41) is 0.736. The van der Waals surface area contributed by atoms with Gasteiger partial charge in [0.25, 0.3) is 0 Å². The van der Waals surface area contributed by atoms with Crippen LogP contribution in [0.25, 0.3) is 0 Å². The van der Waals surface area contributed by atoms with Gasteiger partial charge in [0.05, 0.1) is 10.7 Å². The quantitative estimate of drug-likeness (QED) is 0.451. The second kappa shape index (κ2) is 8.84. The van der Waals surface area contributed by atoms with E-state index in [4.69, 9.17) is 11.6 Å². The van der Waals surface area contributed by atoms with Gasteiger partial charge in [-0.1, -0.05) is 85.3 Å². The molecule has 1 atom stereocenters. The summed E-state index contributed by atoms with van der Waals surface area (Å²) in [7, 11) is 0. The number of ketones is 1. The van der Waals surface area contributed by atoms with Gasteiger partial charge in [-0.05, 0) is 35.2 Å². The Balaban J connectivity index is 1.67. The Bertz CT molecular complexity index is 929. The van der Waals surface area contributed by atoms with Gasteiger partial charge in [-0.2, -0.15) is 0 Å². The van der Waals surface area contributed by atoms with E-state index < -0.39 is 0 Å². The van der Waals surface area contributed by atoms with E-state index in [-0.39, 0.29) is 5.92 Å². The molecule has 0 aliphatic heterocycles. The zero-order valence-electron chi connectivity index (χ0n) is 16.6. The monoisotopic (exact) mass is 402 g/mol. The van der Waals surface area contributed by atoms with Crippen molar-refractivity contribution in [2.75, 3.05) is 4.90 Å². The van der Waals surface area contributed by atoms with Gasteiger partial charge in [0, 0.05) is 31.3 Å². The predicted octanol–water partition coefficient (Wildman–Crippen LogP) is 6.47. The minimum absolute atomic E-state index is 0.0701. The first-order valence-corrected chi connectivity index (χ1v) is 10.5. The number of anilines is 1. The highest BCUT2D eigenvalue weighted by Crippen LogP contribution is 2.42. The Morgan fingerprint density at radius 2 is 1.48 bits per heavy atom. The van der Waals surface area contributed by atoms with Gasteiger partial charge in [-0.3, -0.25) is 4.79 Å². The molecule has 2 nitrogen and oxygen atoms in total. The molecule has 0 saturated heterocycles. The van der Waals surface area contributed by atoms with Crippen LogP contribution in [0.1, 0.15) is 36.5 Å². The first-order valence-electron chi connectivity index (χ1n) is 10.2. The Kier molecular flexibility index (Phi) is 6.01. The van der Waals surface area contributed by atoms with Crippen molar-refractivity contribution in [2.45, 2.75) is 32.9 Å². The second-order valence-electron chi connectivity index (χ2n) is 7.62. The molecule has 0 N–H and O–H groups in total. The number of hydrogen-bond acceptors (Lipinski definition) is 2. The fourth-order valence-electron chi connectivity index (χ4n) is 4.06. The van der Waals surface area contributed by atoms with Crippen LogP contribution in [-0.2, 0) is 17.9 Å². The molecule has 0 spiro atoms. The van der Waals surface area contributed by atoms with Crippen molar-refractivity contribution in [3.05, 3.63) is 106 Å². The van der Waals surface area contributed by atoms with Crippen LogP contribution >= 0.6 is 11.6 Å². The lowest BCUT2D eigenvalue weighted by atomic mass is 9.67. The first-order chi connectivity index (χ1) is 14.2. The minimum Gasteiger partial charge on any atom is -0.362 e. The highest BCUT2D eigenvalue weighted by molar-refractivity contribution is 6.33. The molecule has 1 radical (unpaired) electrons. The summed E-state index contributed by atoms with van der Waals surface area (Å²) < 4.78 is 0. The van der Waals surface area contributed by atoms with E-state index in [1.54, 1.807) is 0 Å². The Morgan fingerprint density at radius 3 is 2.00 bits per heavy atom. The lowest BCUT2D eigenvalue weighted by molar-refractivity contribution is -0.126. The molecule has 0 bridgehead atoms. The summed E-state index contributed by atoms with van der Waals surface area (Å²) in [5.74, 6) is 1.67. The zero-order valence-corrected chi connectivity index (χ0v) is 17.4. The molecule has 3 heteroatoms. The Labute approximate surface area is 178 Å². The van der Waals surface area contributed by atoms with Gasteiger partial charge < -0.3 is 4.90 Å². The van der Waals surface area contributed by atoms with Crippen LogP contribution < -0.4 is 4.90 Å². The number of benzene rings is 3. The van der Waals surface area contributed by atoms with Crippen molar-refractivity contribution < 1.29 is 4.79 Å². The highest BCUT2D eigenvalue weighted by atomic mass is 35.5. The third-order valence-corrected chi connectivity index (χ3v) is 5.99. The predicted molar refractivity (Wildman–Crippen MR) is 120 cm³/mol. The van der Waals surface area contributed by atoms with Crippen LogP contribution in [0.15, 0.2) is 78.9 Å². The van der Waals surface area contributed by atoms with Gasteiger partial charge in [-0.25, -0.2) is 0 Å².